The molecule has 2 atom stereocenters. The van der Waals surface area contributed by atoms with Gasteiger partial charge in [0.05, 0.1) is 7.11 Å². The van der Waals surface area contributed by atoms with Crippen LogP contribution >= 0.6 is 0 Å². The fourth-order valence-electron chi connectivity index (χ4n) is 1.69. The van der Waals surface area contributed by atoms with Crippen molar-refractivity contribution in [2.24, 2.45) is 5.92 Å². The minimum Gasteiger partial charge on any atom is -0.469 e. The number of hydrogen-bond donors (Lipinski definition) is 1. The Morgan fingerprint density at radius 3 is 3.00 bits per heavy atom. The Bertz CT molecular complexity index is 153. The van der Waals surface area contributed by atoms with Crippen LogP contribution in [0.3, 0.4) is 0 Å². The smallest absolute Gasteiger partial charge is 0.305 e. The van der Waals surface area contributed by atoms with E-state index in [1.54, 1.807) is 0 Å². The van der Waals surface area contributed by atoms with Crippen LogP contribution in [-0.4, -0.2) is 25.7 Å². The summed E-state index contributed by atoms with van der Waals surface area (Å²) in [6.45, 7) is 3.19. The molecule has 1 saturated heterocycles. The molecular weight excluding hydrogens is 154 g/mol. The van der Waals surface area contributed by atoms with Gasteiger partial charge >= 0.3 is 5.97 Å². The van der Waals surface area contributed by atoms with E-state index in [9.17, 15) is 4.79 Å². The van der Waals surface area contributed by atoms with Gasteiger partial charge in [-0.3, -0.25) is 4.79 Å². The number of ether oxygens (including phenoxy) is 1. The van der Waals surface area contributed by atoms with Crippen LogP contribution in [0, 0.1) is 5.92 Å². The average Bonchev–Trinajstić information content (AvgIpc) is 2.56. The van der Waals surface area contributed by atoms with E-state index < -0.39 is 0 Å². The SMILES string of the molecule is COC(=O)CC(C)C1CCCN1. The molecule has 3 nitrogen and oxygen atoms in total. The molecular formula is C9H17NO2. The van der Waals surface area contributed by atoms with Crippen molar-refractivity contribution < 1.29 is 9.53 Å². The number of esters is 1. The Labute approximate surface area is 73.5 Å². The second-order valence-corrected chi connectivity index (χ2v) is 3.46. The van der Waals surface area contributed by atoms with Crippen LogP contribution in [-0.2, 0) is 9.53 Å². The topological polar surface area (TPSA) is 38.3 Å². The highest BCUT2D eigenvalue weighted by Gasteiger charge is 2.22. The summed E-state index contributed by atoms with van der Waals surface area (Å²) in [6.07, 6.45) is 2.96. The molecule has 1 rings (SSSR count). The average molecular weight is 171 g/mol. The minimum absolute atomic E-state index is 0.101. The van der Waals surface area contributed by atoms with Gasteiger partial charge < -0.3 is 10.1 Å². The summed E-state index contributed by atoms with van der Waals surface area (Å²) >= 11 is 0. The molecule has 0 aromatic heterocycles. The maximum Gasteiger partial charge on any atom is 0.305 e. The number of carbonyl (C=O) groups is 1. The largest absolute Gasteiger partial charge is 0.469 e. The molecule has 3 heteroatoms. The second kappa shape index (κ2) is 4.45. The van der Waals surface area contributed by atoms with Gasteiger partial charge in [0.1, 0.15) is 0 Å². The third-order valence-electron chi connectivity index (χ3n) is 2.50. The summed E-state index contributed by atoms with van der Waals surface area (Å²) in [4.78, 5) is 10.9. The van der Waals surface area contributed by atoms with Crippen LogP contribution in [0.1, 0.15) is 26.2 Å². The second-order valence-electron chi connectivity index (χ2n) is 3.46. The zero-order chi connectivity index (χ0) is 8.97. The van der Waals surface area contributed by atoms with Crippen molar-refractivity contribution in [1.29, 1.82) is 0 Å². The Morgan fingerprint density at radius 2 is 2.50 bits per heavy atom. The molecule has 1 aliphatic rings. The Morgan fingerprint density at radius 1 is 1.75 bits per heavy atom. The molecule has 12 heavy (non-hydrogen) atoms. The molecule has 0 aliphatic carbocycles. The fraction of sp³-hybridized carbons (Fsp3) is 0.889. The molecule has 2 unspecified atom stereocenters. The molecule has 1 N–H and O–H groups in total. The first-order valence-electron chi connectivity index (χ1n) is 4.54. The highest BCUT2D eigenvalue weighted by molar-refractivity contribution is 5.69. The Hall–Kier alpha value is -0.570. The highest BCUT2D eigenvalue weighted by atomic mass is 16.5. The van der Waals surface area contributed by atoms with E-state index in [4.69, 9.17) is 0 Å². The lowest BCUT2D eigenvalue weighted by Gasteiger charge is -2.17. The van der Waals surface area contributed by atoms with Gasteiger partial charge in [-0.1, -0.05) is 6.92 Å². The van der Waals surface area contributed by atoms with Crippen molar-refractivity contribution in [3.8, 4) is 0 Å². The number of rotatable bonds is 3. The third-order valence-corrected chi connectivity index (χ3v) is 2.50. The van der Waals surface area contributed by atoms with E-state index in [0.29, 0.717) is 18.4 Å². The van der Waals surface area contributed by atoms with Crippen LogP contribution in [0.25, 0.3) is 0 Å². The van der Waals surface area contributed by atoms with Crippen LogP contribution in [0.5, 0.6) is 0 Å². The van der Waals surface area contributed by atoms with E-state index in [1.807, 2.05) is 0 Å². The molecule has 1 heterocycles. The number of hydrogen-bond acceptors (Lipinski definition) is 3. The van der Waals surface area contributed by atoms with Crippen molar-refractivity contribution in [2.45, 2.75) is 32.2 Å². The van der Waals surface area contributed by atoms with Crippen molar-refractivity contribution in [3.63, 3.8) is 0 Å². The van der Waals surface area contributed by atoms with Crippen LogP contribution in [0.15, 0.2) is 0 Å². The maximum absolute atomic E-state index is 10.9. The molecule has 0 radical (unpaired) electrons. The summed E-state index contributed by atoms with van der Waals surface area (Å²) in [5.41, 5.74) is 0. The maximum atomic E-state index is 10.9. The van der Waals surface area contributed by atoms with Gasteiger partial charge in [-0.2, -0.15) is 0 Å². The van der Waals surface area contributed by atoms with E-state index in [1.165, 1.54) is 20.0 Å². The van der Waals surface area contributed by atoms with Gasteiger partial charge in [-0.15, -0.1) is 0 Å². The summed E-state index contributed by atoms with van der Waals surface area (Å²) in [7, 11) is 1.44. The van der Waals surface area contributed by atoms with Gasteiger partial charge in [0, 0.05) is 12.5 Å². The van der Waals surface area contributed by atoms with Gasteiger partial charge in [0.2, 0.25) is 0 Å². The minimum atomic E-state index is -0.101. The Kier molecular flexibility index (Phi) is 3.53. The molecule has 0 bridgehead atoms. The zero-order valence-corrected chi connectivity index (χ0v) is 7.80. The lowest BCUT2D eigenvalue weighted by Crippen LogP contribution is -2.30. The van der Waals surface area contributed by atoms with E-state index in [2.05, 4.69) is 17.0 Å². The first kappa shape index (κ1) is 9.52. The molecule has 70 valence electrons. The normalized spacial score (nSPS) is 25.3. The van der Waals surface area contributed by atoms with Gasteiger partial charge in [0.25, 0.3) is 0 Å². The molecule has 0 saturated carbocycles. The van der Waals surface area contributed by atoms with Gasteiger partial charge in [-0.05, 0) is 25.3 Å². The van der Waals surface area contributed by atoms with Gasteiger partial charge in [0.15, 0.2) is 0 Å². The summed E-state index contributed by atoms with van der Waals surface area (Å²) in [5.74, 6) is 0.302. The molecule has 0 spiro atoms. The van der Waals surface area contributed by atoms with E-state index >= 15 is 0 Å². The molecule has 1 aliphatic heterocycles. The molecule has 1 fully saturated rings. The van der Waals surface area contributed by atoms with Crippen molar-refractivity contribution in [3.05, 3.63) is 0 Å². The number of nitrogens with one attached hydrogen (secondary N) is 1. The first-order chi connectivity index (χ1) is 5.74. The third kappa shape index (κ3) is 2.48. The van der Waals surface area contributed by atoms with Crippen LogP contribution in [0.2, 0.25) is 0 Å². The summed E-state index contributed by atoms with van der Waals surface area (Å²) in [5, 5.41) is 3.38. The summed E-state index contributed by atoms with van der Waals surface area (Å²) < 4.78 is 4.61. The lowest BCUT2D eigenvalue weighted by molar-refractivity contribution is -0.141. The first-order valence-corrected chi connectivity index (χ1v) is 4.54. The monoisotopic (exact) mass is 171 g/mol. The van der Waals surface area contributed by atoms with E-state index in [-0.39, 0.29) is 5.97 Å². The lowest BCUT2D eigenvalue weighted by atomic mass is 9.97. The van der Waals surface area contributed by atoms with Crippen molar-refractivity contribution in [2.75, 3.05) is 13.7 Å². The quantitative estimate of drug-likeness (QED) is 0.642. The predicted octanol–water partition coefficient (Wildman–Crippen LogP) is 0.938. The van der Waals surface area contributed by atoms with E-state index in [0.717, 1.165) is 6.54 Å². The van der Waals surface area contributed by atoms with Crippen molar-refractivity contribution in [1.82, 2.24) is 5.32 Å². The molecule has 0 aromatic carbocycles. The van der Waals surface area contributed by atoms with Crippen LogP contribution in [0.4, 0.5) is 0 Å². The Balaban J connectivity index is 2.26. The number of methoxy groups -OCH3 is 1. The standard InChI is InChI=1S/C9H17NO2/c1-7(6-9(11)12-2)8-4-3-5-10-8/h7-8,10H,3-6H2,1-2H3. The van der Waals surface area contributed by atoms with Crippen molar-refractivity contribution >= 4 is 5.97 Å². The predicted molar refractivity (Wildman–Crippen MR) is 46.8 cm³/mol. The molecule has 0 aromatic rings. The number of carbonyl (C=O) groups excluding carboxylic acids is 1. The zero-order valence-electron chi connectivity index (χ0n) is 7.80. The van der Waals surface area contributed by atoms with Gasteiger partial charge in [-0.25, -0.2) is 0 Å². The fourth-order valence-corrected chi connectivity index (χ4v) is 1.69. The van der Waals surface area contributed by atoms with Crippen LogP contribution < -0.4 is 5.32 Å². The highest BCUT2D eigenvalue weighted by Crippen LogP contribution is 2.17. The summed E-state index contributed by atoms with van der Waals surface area (Å²) in [6, 6.07) is 0.518. The molecule has 0 amide bonds.